The second kappa shape index (κ2) is 13.9. The Bertz CT molecular complexity index is 1760. The predicted octanol–water partition coefficient (Wildman–Crippen LogP) is 6.40. The number of likely N-dealkylation sites (tertiary alicyclic amines) is 1. The number of piperidine rings is 1. The van der Waals surface area contributed by atoms with E-state index in [4.69, 9.17) is 4.74 Å². The van der Waals surface area contributed by atoms with Crippen LogP contribution in [0.5, 0.6) is 11.6 Å². The minimum absolute atomic E-state index is 0.00643. The smallest absolute Gasteiger partial charge is 0.323 e. The molecule has 0 atom stereocenters. The van der Waals surface area contributed by atoms with Gasteiger partial charge in [-0.25, -0.2) is 22.6 Å². The Labute approximate surface area is 261 Å². The van der Waals surface area contributed by atoms with Crippen molar-refractivity contribution in [3.8, 4) is 11.6 Å². The molecular formula is C33H34FN5O5S. The molecule has 0 aliphatic carbocycles. The molecule has 0 spiro atoms. The van der Waals surface area contributed by atoms with E-state index in [9.17, 15) is 22.4 Å². The van der Waals surface area contributed by atoms with Crippen LogP contribution in [-0.4, -0.2) is 49.6 Å². The van der Waals surface area contributed by atoms with Gasteiger partial charge in [0.25, 0.3) is 0 Å². The number of amides is 3. The van der Waals surface area contributed by atoms with Gasteiger partial charge in [0.1, 0.15) is 11.6 Å². The molecule has 5 rings (SSSR count). The van der Waals surface area contributed by atoms with Crippen molar-refractivity contribution < 1.29 is 27.1 Å². The quantitative estimate of drug-likeness (QED) is 0.195. The summed E-state index contributed by atoms with van der Waals surface area (Å²) in [5.74, 6) is 0.369. The highest BCUT2D eigenvalue weighted by Crippen LogP contribution is 2.30. The lowest BCUT2D eigenvalue weighted by Crippen LogP contribution is -2.32. The molecule has 12 heteroatoms. The van der Waals surface area contributed by atoms with Crippen LogP contribution in [0.1, 0.15) is 36.8 Å². The van der Waals surface area contributed by atoms with Gasteiger partial charge in [-0.1, -0.05) is 18.2 Å². The molecule has 3 amide bonds. The van der Waals surface area contributed by atoms with Gasteiger partial charge in [-0.3, -0.25) is 9.69 Å². The molecular weight excluding hydrogens is 597 g/mol. The summed E-state index contributed by atoms with van der Waals surface area (Å²) in [6, 6.07) is 21.3. The lowest BCUT2D eigenvalue weighted by Gasteiger charge is -2.32. The zero-order valence-corrected chi connectivity index (χ0v) is 25.7. The molecule has 1 saturated heterocycles. The number of nitrogens with one attached hydrogen (secondary N) is 3. The highest BCUT2D eigenvalue weighted by Gasteiger charge is 2.21. The van der Waals surface area contributed by atoms with Crippen molar-refractivity contribution in [3.05, 3.63) is 102 Å². The number of halogens is 1. The van der Waals surface area contributed by atoms with Crippen molar-refractivity contribution in [2.24, 2.45) is 0 Å². The molecule has 0 unspecified atom stereocenters. The van der Waals surface area contributed by atoms with Gasteiger partial charge in [0.2, 0.25) is 11.8 Å². The molecule has 1 aromatic heterocycles. The molecule has 1 fully saturated rings. The van der Waals surface area contributed by atoms with E-state index in [1.54, 1.807) is 18.3 Å². The van der Waals surface area contributed by atoms with Crippen LogP contribution in [-0.2, 0) is 21.2 Å². The van der Waals surface area contributed by atoms with Gasteiger partial charge < -0.3 is 20.7 Å². The van der Waals surface area contributed by atoms with Gasteiger partial charge in [0, 0.05) is 43.4 Å². The Morgan fingerprint density at radius 2 is 1.58 bits per heavy atom. The number of anilines is 3. The standard InChI is InChI=1S/C33H34FN5O5S/c1-22(40)36-31-19-27(8-13-30(31)34)38-33(41)37-26-6-4-24(5-7-26)25-15-17-39(18-16-25)21-23-3-14-32(35-20-23)44-28-9-11-29(12-10-28)45(2,42)43/h3-14,19-20,25H,15-18,21H2,1-2H3,(H,36,40)(H2,37,38,41). The molecule has 0 radical (unpaired) electrons. The first-order valence-corrected chi connectivity index (χ1v) is 16.3. The van der Waals surface area contributed by atoms with Gasteiger partial charge in [-0.05, 0) is 97.6 Å². The van der Waals surface area contributed by atoms with Crippen molar-refractivity contribution in [3.63, 3.8) is 0 Å². The minimum atomic E-state index is -3.26. The number of rotatable bonds is 9. The fourth-order valence-corrected chi connectivity index (χ4v) is 5.77. The van der Waals surface area contributed by atoms with Gasteiger partial charge in [-0.2, -0.15) is 0 Å². The van der Waals surface area contributed by atoms with Crippen LogP contribution in [0, 0.1) is 5.82 Å². The molecule has 1 aliphatic heterocycles. The fourth-order valence-electron chi connectivity index (χ4n) is 5.14. The number of aromatic nitrogens is 1. The summed E-state index contributed by atoms with van der Waals surface area (Å²) in [6.45, 7) is 3.94. The van der Waals surface area contributed by atoms with Crippen LogP contribution in [0.2, 0.25) is 0 Å². The number of sulfone groups is 1. The van der Waals surface area contributed by atoms with Crippen LogP contribution < -0.4 is 20.7 Å². The van der Waals surface area contributed by atoms with E-state index >= 15 is 0 Å². The first kappa shape index (κ1) is 31.6. The van der Waals surface area contributed by atoms with Gasteiger partial charge in [-0.15, -0.1) is 0 Å². The number of urea groups is 1. The van der Waals surface area contributed by atoms with Crippen LogP contribution >= 0.6 is 0 Å². The monoisotopic (exact) mass is 631 g/mol. The summed E-state index contributed by atoms with van der Waals surface area (Å²) in [7, 11) is -3.26. The zero-order chi connectivity index (χ0) is 32.0. The van der Waals surface area contributed by atoms with Crippen molar-refractivity contribution in [1.29, 1.82) is 0 Å². The molecule has 2 heterocycles. The Hall–Kier alpha value is -4.81. The van der Waals surface area contributed by atoms with Crippen molar-refractivity contribution >= 4 is 38.8 Å². The third-order valence-electron chi connectivity index (χ3n) is 7.44. The number of nitrogens with zero attached hydrogens (tertiary/aromatic N) is 2. The molecule has 0 saturated carbocycles. The summed E-state index contributed by atoms with van der Waals surface area (Å²) >= 11 is 0. The predicted molar refractivity (Wildman–Crippen MR) is 171 cm³/mol. The Balaban J connectivity index is 1.07. The van der Waals surface area contributed by atoms with Crippen molar-refractivity contribution in [1.82, 2.24) is 9.88 Å². The molecule has 0 bridgehead atoms. The number of carbonyl (C=O) groups is 2. The number of ether oxygens (including phenoxy) is 1. The molecule has 3 aromatic carbocycles. The number of hydrogen-bond acceptors (Lipinski definition) is 7. The summed E-state index contributed by atoms with van der Waals surface area (Å²) < 4.78 is 42.9. The van der Waals surface area contributed by atoms with Crippen molar-refractivity contribution in [2.75, 3.05) is 35.3 Å². The highest BCUT2D eigenvalue weighted by atomic mass is 32.2. The van der Waals surface area contributed by atoms with E-state index in [0.717, 1.165) is 38.0 Å². The maximum absolute atomic E-state index is 13.9. The SMILES string of the molecule is CC(=O)Nc1cc(NC(=O)Nc2ccc(C3CCN(Cc4ccc(Oc5ccc(S(C)(=O)=O)cc5)nc4)CC3)cc2)ccc1F. The minimum Gasteiger partial charge on any atom is -0.439 e. The lowest BCUT2D eigenvalue weighted by molar-refractivity contribution is -0.114. The lowest BCUT2D eigenvalue weighted by atomic mass is 9.89. The molecule has 4 aromatic rings. The second-order valence-corrected chi connectivity index (χ2v) is 13.0. The number of benzene rings is 3. The average molecular weight is 632 g/mol. The van der Waals surface area contributed by atoms with Crippen LogP contribution in [0.25, 0.3) is 0 Å². The molecule has 45 heavy (non-hydrogen) atoms. The third kappa shape index (κ3) is 8.87. The first-order valence-electron chi connectivity index (χ1n) is 14.4. The summed E-state index contributed by atoms with van der Waals surface area (Å²) in [6.07, 6.45) is 4.98. The Morgan fingerprint density at radius 3 is 2.20 bits per heavy atom. The van der Waals surface area contributed by atoms with E-state index in [2.05, 4.69) is 25.8 Å². The summed E-state index contributed by atoms with van der Waals surface area (Å²) in [4.78, 5) is 30.8. The summed E-state index contributed by atoms with van der Waals surface area (Å²) in [5.41, 5.74) is 3.26. The normalized spacial score (nSPS) is 14.0. The van der Waals surface area contributed by atoms with Crippen LogP contribution in [0.15, 0.2) is 90.0 Å². The molecule has 3 N–H and O–H groups in total. The van der Waals surface area contributed by atoms with Gasteiger partial charge in [0.05, 0.1) is 10.6 Å². The number of hydrogen-bond donors (Lipinski definition) is 3. The van der Waals surface area contributed by atoms with E-state index in [-0.39, 0.29) is 10.6 Å². The maximum Gasteiger partial charge on any atom is 0.323 e. The third-order valence-corrected chi connectivity index (χ3v) is 8.57. The fraction of sp³-hybridized carbons (Fsp3) is 0.242. The van der Waals surface area contributed by atoms with Gasteiger partial charge >= 0.3 is 6.03 Å². The average Bonchev–Trinajstić information content (AvgIpc) is 3.00. The van der Waals surface area contributed by atoms with E-state index in [1.165, 1.54) is 49.1 Å². The zero-order valence-electron chi connectivity index (χ0n) is 24.9. The largest absolute Gasteiger partial charge is 0.439 e. The number of pyridine rings is 1. The van der Waals surface area contributed by atoms with Crippen molar-refractivity contribution in [2.45, 2.75) is 37.1 Å². The van der Waals surface area contributed by atoms with Gasteiger partial charge in [0.15, 0.2) is 9.84 Å². The molecule has 1 aliphatic rings. The molecule has 234 valence electrons. The second-order valence-electron chi connectivity index (χ2n) is 11.0. The van der Waals surface area contributed by atoms with E-state index in [1.807, 2.05) is 36.4 Å². The Kier molecular flexibility index (Phi) is 9.74. The highest BCUT2D eigenvalue weighted by molar-refractivity contribution is 7.90. The topological polar surface area (TPSA) is 130 Å². The Morgan fingerprint density at radius 1 is 0.911 bits per heavy atom. The first-order chi connectivity index (χ1) is 21.5. The van der Waals surface area contributed by atoms with Crippen LogP contribution in [0.3, 0.4) is 0 Å². The van der Waals surface area contributed by atoms with E-state index in [0.29, 0.717) is 28.9 Å². The number of carbonyl (C=O) groups excluding carboxylic acids is 2. The summed E-state index contributed by atoms with van der Waals surface area (Å²) in [5, 5.41) is 7.82. The van der Waals surface area contributed by atoms with E-state index < -0.39 is 27.6 Å². The maximum atomic E-state index is 13.9. The molecule has 10 nitrogen and oxygen atoms in total. The van der Waals surface area contributed by atoms with Crippen LogP contribution in [0.4, 0.5) is 26.2 Å².